The lowest BCUT2D eigenvalue weighted by atomic mass is 9.91. The molecule has 3 unspecified atom stereocenters. The van der Waals surface area contributed by atoms with E-state index in [1.54, 1.807) is 7.11 Å². The molecular weight excluding hydrogens is 316 g/mol. The Morgan fingerprint density at radius 2 is 2.33 bits per heavy atom. The van der Waals surface area contributed by atoms with E-state index in [0.717, 1.165) is 35.2 Å². The Kier molecular flexibility index (Phi) is 4.93. The Hall–Kier alpha value is -0.250. The van der Waals surface area contributed by atoms with Gasteiger partial charge in [0.05, 0.1) is 18.6 Å². The average molecular weight is 334 g/mol. The topological polar surface area (TPSA) is 18.5 Å². The van der Waals surface area contributed by atoms with Crippen LogP contribution in [0.4, 0.5) is 0 Å². The summed E-state index contributed by atoms with van der Waals surface area (Å²) in [4.78, 5) is 0. The molecule has 0 N–H and O–H groups in total. The lowest BCUT2D eigenvalue weighted by Crippen LogP contribution is -2.19. The van der Waals surface area contributed by atoms with E-state index in [4.69, 9.17) is 21.1 Å². The summed E-state index contributed by atoms with van der Waals surface area (Å²) in [5.74, 6) is 1.23. The number of benzene rings is 1. The highest BCUT2D eigenvalue weighted by molar-refractivity contribution is 9.10. The summed E-state index contributed by atoms with van der Waals surface area (Å²) >= 11 is 10.2. The second-order valence-corrected chi connectivity index (χ2v) is 5.88. The lowest BCUT2D eigenvalue weighted by Gasteiger charge is -2.23. The largest absolute Gasteiger partial charge is 0.497 e. The highest BCUT2D eigenvalue weighted by Gasteiger charge is 2.34. The van der Waals surface area contributed by atoms with Gasteiger partial charge in [0, 0.05) is 17.0 Å². The van der Waals surface area contributed by atoms with Gasteiger partial charge in [-0.1, -0.05) is 28.9 Å². The summed E-state index contributed by atoms with van der Waals surface area (Å²) in [6.45, 7) is 2.97. The maximum Gasteiger partial charge on any atom is 0.120 e. The molecule has 0 radical (unpaired) electrons. The second kappa shape index (κ2) is 6.27. The highest BCUT2D eigenvalue weighted by atomic mass is 79.9. The molecule has 0 saturated carbocycles. The summed E-state index contributed by atoms with van der Waals surface area (Å²) in [7, 11) is 1.66. The molecule has 0 bridgehead atoms. The molecule has 1 aliphatic heterocycles. The Labute approximate surface area is 122 Å². The van der Waals surface area contributed by atoms with Crippen molar-refractivity contribution in [3.05, 3.63) is 28.2 Å². The maximum absolute atomic E-state index is 6.64. The molecule has 1 fully saturated rings. The number of alkyl halides is 1. The fraction of sp³-hybridized carbons (Fsp3) is 0.571. The van der Waals surface area contributed by atoms with Crippen molar-refractivity contribution in [3.8, 4) is 5.75 Å². The molecule has 1 aliphatic rings. The van der Waals surface area contributed by atoms with Crippen LogP contribution >= 0.6 is 27.5 Å². The molecule has 1 aromatic carbocycles. The van der Waals surface area contributed by atoms with E-state index >= 15 is 0 Å². The summed E-state index contributed by atoms with van der Waals surface area (Å²) in [5.41, 5.74) is 1.12. The van der Waals surface area contributed by atoms with Gasteiger partial charge in [-0.05, 0) is 30.5 Å². The van der Waals surface area contributed by atoms with E-state index in [-0.39, 0.29) is 11.5 Å². The van der Waals surface area contributed by atoms with Gasteiger partial charge in [-0.3, -0.25) is 0 Å². The monoisotopic (exact) mass is 332 g/mol. The standard InChI is InChI=1S/C14H18BrClO2/c1-3-13-11(6-7-18-13)14(16)10-5-4-9(17-2)8-12(10)15/h4-5,8,11,13-14H,3,6-7H2,1-2H3. The van der Waals surface area contributed by atoms with Gasteiger partial charge in [0.1, 0.15) is 5.75 Å². The Morgan fingerprint density at radius 3 is 2.94 bits per heavy atom. The van der Waals surface area contributed by atoms with E-state index in [1.807, 2.05) is 18.2 Å². The third-order valence-corrected chi connectivity index (χ3v) is 4.79. The maximum atomic E-state index is 6.64. The smallest absolute Gasteiger partial charge is 0.120 e. The molecule has 18 heavy (non-hydrogen) atoms. The minimum Gasteiger partial charge on any atom is -0.497 e. The van der Waals surface area contributed by atoms with Crippen LogP contribution in [0.2, 0.25) is 0 Å². The van der Waals surface area contributed by atoms with Gasteiger partial charge in [-0.2, -0.15) is 0 Å². The summed E-state index contributed by atoms with van der Waals surface area (Å²) in [6, 6.07) is 5.94. The first-order valence-corrected chi connectivity index (χ1v) is 7.49. The molecule has 1 saturated heterocycles. The van der Waals surface area contributed by atoms with Crippen LogP contribution in [0, 0.1) is 5.92 Å². The number of rotatable bonds is 4. The number of methoxy groups -OCH3 is 1. The quantitative estimate of drug-likeness (QED) is 0.752. The Morgan fingerprint density at radius 1 is 1.56 bits per heavy atom. The SMILES string of the molecule is CCC1OCCC1C(Cl)c1ccc(OC)cc1Br. The summed E-state index contributed by atoms with van der Waals surface area (Å²) in [5, 5.41) is -0.0160. The van der Waals surface area contributed by atoms with E-state index in [0.29, 0.717) is 5.92 Å². The van der Waals surface area contributed by atoms with Gasteiger partial charge >= 0.3 is 0 Å². The fourth-order valence-electron chi connectivity index (χ4n) is 2.51. The zero-order chi connectivity index (χ0) is 13.1. The average Bonchev–Trinajstić information content (AvgIpc) is 2.86. The van der Waals surface area contributed by atoms with Gasteiger partial charge in [-0.15, -0.1) is 11.6 Å². The van der Waals surface area contributed by atoms with Gasteiger partial charge < -0.3 is 9.47 Å². The van der Waals surface area contributed by atoms with Gasteiger partial charge in [-0.25, -0.2) is 0 Å². The van der Waals surface area contributed by atoms with Crippen LogP contribution in [-0.4, -0.2) is 19.8 Å². The fourth-order valence-corrected chi connectivity index (χ4v) is 3.72. The van der Waals surface area contributed by atoms with Crippen molar-refractivity contribution in [2.75, 3.05) is 13.7 Å². The van der Waals surface area contributed by atoms with Crippen LogP contribution < -0.4 is 4.74 Å². The third kappa shape index (κ3) is 2.84. The molecule has 0 aliphatic carbocycles. The Bertz CT molecular complexity index is 411. The molecule has 0 aromatic heterocycles. The normalized spacial score (nSPS) is 25.1. The van der Waals surface area contributed by atoms with Crippen molar-refractivity contribution < 1.29 is 9.47 Å². The van der Waals surface area contributed by atoms with E-state index in [9.17, 15) is 0 Å². The third-order valence-electron chi connectivity index (χ3n) is 3.54. The zero-order valence-electron chi connectivity index (χ0n) is 10.7. The molecule has 4 heteroatoms. The van der Waals surface area contributed by atoms with Crippen LogP contribution in [0.1, 0.15) is 30.7 Å². The predicted molar refractivity (Wildman–Crippen MR) is 77.4 cm³/mol. The van der Waals surface area contributed by atoms with Crippen molar-refractivity contribution in [2.24, 2.45) is 5.92 Å². The predicted octanol–water partition coefficient (Wildman–Crippen LogP) is 4.55. The molecule has 0 amide bonds. The molecular formula is C14H18BrClO2. The molecule has 2 nitrogen and oxygen atoms in total. The van der Waals surface area contributed by atoms with Crippen molar-refractivity contribution in [1.82, 2.24) is 0 Å². The molecule has 2 rings (SSSR count). The zero-order valence-corrected chi connectivity index (χ0v) is 13.0. The van der Waals surface area contributed by atoms with Crippen LogP contribution in [0.3, 0.4) is 0 Å². The van der Waals surface area contributed by atoms with E-state index in [2.05, 4.69) is 22.9 Å². The van der Waals surface area contributed by atoms with Crippen LogP contribution in [0.15, 0.2) is 22.7 Å². The van der Waals surface area contributed by atoms with Gasteiger partial charge in [0.15, 0.2) is 0 Å². The van der Waals surface area contributed by atoms with E-state index in [1.165, 1.54) is 0 Å². The highest BCUT2D eigenvalue weighted by Crippen LogP contribution is 2.42. The number of halogens is 2. The van der Waals surface area contributed by atoms with Crippen molar-refractivity contribution >= 4 is 27.5 Å². The molecule has 1 heterocycles. The second-order valence-electron chi connectivity index (χ2n) is 4.56. The van der Waals surface area contributed by atoms with Crippen molar-refractivity contribution in [1.29, 1.82) is 0 Å². The molecule has 3 atom stereocenters. The first-order valence-electron chi connectivity index (χ1n) is 6.26. The number of hydrogen-bond acceptors (Lipinski definition) is 2. The Balaban J connectivity index is 2.20. The first kappa shape index (κ1) is 14.2. The molecule has 0 spiro atoms. The summed E-state index contributed by atoms with van der Waals surface area (Å²) in [6.07, 6.45) is 2.33. The molecule has 100 valence electrons. The van der Waals surface area contributed by atoms with Gasteiger partial charge in [0.25, 0.3) is 0 Å². The minimum absolute atomic E-state index is 0.0160. The van der Waals surface area contributed by atoms with Crippen LogP contribution in [0.25, 0.3) is 0 Å². The molecule has 1 aromatic rings. The van der Waals surface area contributed by atoms with E-state index < -0.39 is 0 Å². The lowest BCUT2D eigenvalue weighted by molar-refractivity contribution is 0.0864. The van der Waals surface area contributed by atoms with Crippen molar-refractivity contribution in [3.63, 3.8) is 0 Å². The van der Waals surface area contributed by atoms with Crippen LogP contribution in [-0.2, 0) is 4.74 Å². The van der Waals surface area contributed by atoms with Crippen LogP contribution in [0.5, 0.6) is 5.75 Å². The first-order chi connectivity index (χ1) is 8.67. The number of hydrogen-bond donors (Lipinski definition) is 0. The number of ether oxygens (including phenoxy) is 2. The summed E-state index contributed by atoms with van der Waals surface area (Å²) < 4.78 is 11.9. The van der Waals surface area contributed by atoms with Crippen molar-refractivity contribution in [2.45, 2.75) is 31.2 Å². The van der Waals surface area contributed by atoms with Gasteiger partial charge in [0.2, 0.25) is 0 Å². The minimum atomic E-state index is -0.0160.